The summed E-state index contributed by atoms with van der Waals surface area (Å²) < 4.78 is 1.82. The molecule has 1 aliphatic heterocycles. The predicted molar refractivity (Wildman–Crippen MR) is 76.6 cm³/mol. The molecular weight excluding hydrogens is 250 g/mol. The van der Waals surface area contributed by atoms with Crippen molar-refractivity contribution in [2.24, 2.45) is 12.5 Å². The van der Waals surface area contributed by atoms with Crippen LogP contribution in [0.25, 0.3) is 0 Å². The monoisotopic (exact) mass is 273 g/mol. The molecule has 2 heterocycles. The summed E-state index contributed by atoms with van der Waals surface area (Å²) in [4.78, 5) is 14.7. The van der Waals surface area contributed by atoms with Gasteiger partial charge in [0.15, 0.2) is 0 Å². The zero-order valence-electron chi connectivity index (χ0n) is 12.3. The molecule has 1 amide bonds. The maximum absolute atomic E-state index is 12.7. The highest BCUT2D eigenvalue weighted by molar-refractivity contribution is 5.96. The Labute approximate surface area is 120 Å². The van der Waals surface area contributed by atoms with Crippen molar-refractivity contribution in [2.45, 2.75) is 50.9 Å². The summed E-state index contributed by atoms with van der Waals surface area (Å²) in [5.41, 5.74) is 2.46. The van der Waals surface area contributed by atoms with E-state index in [1.807, 2.05) is 22.8 Å². The highest BCUT2D eigenvalue weighted by Gasteiger charge is 2.54. The molecule has 20 heavy (non-hydrogen) atoms. The molecule has 4 nitrogen and oxygen atoms in total. The molecule has 108 valence electrons. The van der Waals surface area contributed by atoms with Crippen LogP contribution in [0.4, 0.5) is 0 Å². The fourth-order valence-corrected chi connectivity index (χ4v) is 3.92. The highest BCUT2D eigenvalue weighted by atomic mass is 16.2. The minimum absolute atomic E-state index is 0.219. The standard InChI is InChI=1S/C16H23N3O/c1-18-9-13(14(17-18)12-5-3-2-4-6-12)15(20)19-10-16(11-19)7-8-16/h9,12H,2-8,10-11H2,1H3. The first kappa shape index (κ1) is 12.4. The van der Waals surface area contributed by atoms with Gasteiger partial charge in [0.1, 0.15) is 0 Å². The van der Waals surface area contributed by atoms with Crippen molar-refractivity contribution >= 4 is 5.91 Å². The molecule has 4 rings (SSSR count). The Morgan fingerprint density at radius 3 is 2.60 bits per heavy atom. The summed E-state index contributed by atoms with van der Waals surface area (Å²) in [6.45, 7) is 1.95. The first-order chi connectivity index (χ1) is 9.67. The van der Waals surface area contributed by atoms with Crippen LogP contribution < -0.4 is 0 Å². The molecule has 0 N–H and O–H groups in total. The van der Waals surface area contributed by atoms with E-state index in [1.165, 1.54) is 44.9 Å². The number of hydrogen-bond acceptors (Lipinski definition) is 2. The lowest BCUT2D eigenvalue weighted by atomic mass is 9.85. The summed E-state index contributed by atoms with van der Waals surface area (Å²) in [7, 11) is 1.93. The molecule has 2 saturated carbocycles. The number of rotatable bonds is 2. The van der Waals surface area contributed by atoms with Gasteiger partial charge in [-0.3, -0.25) is 9.48 Å². The summed E-state index contributed by atoms with van der Waals surface area (Å²) in [6, 6.07) is 0. The minimum Gasteiger partial charge on any atom is -0.337 e. The van der Waals surface area contributed by atoms with Gasteiger partial charge < -0.3 is 4.90 Å². The van der Waals surface area contributed by atoms with E-state index >= 15 is 0 Å². The summed E-state index contributed by atoms with van der Waals surface area (Å²) >= 11 is 0. The van der Waals surface area contributed by atoms with Crippen LogP contribution in [0.15, 0.2) is 6.20 Å². The zero-order valence-corrected chi connectivity index (χ0v) is 12.3. The SMILES string of the molecule is Cn1cc(C(=O)N2CC3(CC3)C2)c(C2CCCCC2)n1. The van der Waals surface area contributed by atoms with E-state index < -0.39 is 0 Å². The van der Waals surface area contributed by atoms with Crippen molar-refractivity contribution in [1.29, 1.82) is 0 Å². The summed E-state index contributed by atoms with van der Waals surface area (Å²) in [5.74, 6) is 0.719. The largest absolute Gasteiger partial charge is 0.337 e. The van der Waals surface area contributed by atoms with Crippen LogP contribution in [-0.4, -0.2) is 33.7 Å². The Balaban J connectivity index is 1.55. The Morgan fingerprint density at radius 2 is 1.95 bits per heavy atom. The lowest BCUT2D eigenvalue weighted by Crippen LogP contribution is -2.51. The van der Waals surface area contributed by atoms with E-state index in [0.717, 1.165) is 24.3 Å². The number of aryl methyl sites for hydroxylation is 1. The van der Waals surface area contributed by atoms with Gasteiger partial charge in [0.2, 0.25) is 0 Å². The third kappa shape index (κ3) is 1.97. The maximum atomic E-state index is 12.7. The molecule has 1 saturated heterocycles. The van der Waals surface area contributed by atoms with Gasteiger partial charge in [-0.1, -0.05) is 19.3 Å². The summed E-state index contributed by atoms with van der Waals surface area (Å²) in [6.07, 6.45) is 10.9. The lowest BCUT2D eigenvalue weighted by Gasteiger charge is -2.40. The highest BCUT2D eigenvalue weighted by Crippen LogP contribution is 2.53. The van der Waals surface area contributed by atoms with E-state index in [0.29, 0.717) is 11.3 Å². The molecule has 4 heteroatoms. The Bertz CT molecular complexity index is 530. The molecule has 1 aromatic rings. The zero-order chi connectivity index (χ0) is 13.7. The van der Waals surface area contributed by atoms with E-state index in [9.17, 15) is 4.79 Å². The molecule has 0 atom stereocenters. The van der Waals surface area contributed by atoms with Crippen LogP contribution in [0.3, 0.4) is 0 Å². The molecule has 1 aromatic heterocycles. The topological polar surface area (TPSA) is 38.1 Å². The van der Waals surface area contributed by atoms with E-state index in [-0.39, 0.29) is 5.91 Å². The van der Waals surface area contributed by atoms with Crippen LogP contribution >= 0.6 is 0 Å². The number of nitrogens with zero attached hydrogens (tertiary/aromatic N) is 3. The van der Waals surface area contributed by atoms with Gasteiger partial charge in [0.25, 0.3) is 5.91 Å². The second-order valence-electron chi connectivity index (χ2n) is 7.10. The quantitative estimate of drug-likeness (QED) is 0.831. The van der Waals surface area contributed by atoms with Crippen molar-refractivity contribution in [1.82, 2.24) is 14.7 Å². The molecule has 2 aliphatic carbocycles. The molecule has 0 unspecified atom stereocenters. The van der Waals surface area contributed by atoms with Crippen LogP contribution in [0.2, 0.25) is 0 Å². The van der Waals surface area contributed by atoms with Crippen molar-refractivity contribution in [3.05, 3.63) is 17.5 Å². The molecular formula is C16H23N3O. The van der Waals surface area contributed by atoms with Gasteiger partial charge in [0.05, 0.1) is 11.3 Å². The van der Waals surface area contributed by atoms with Crippen molar-refractivity contribution in [3.63, 3.8) is 0 Å². The normalized spacial score (nSPS) is 24.8. The fourth-order valence-electron chi connectivity index (χ4n) is 3.92. The van der Waals surface area contributed by atoms with Crippen LogP contribution in [0.5, 0.6) is 0 Å². The van der Waals surface area contributed by atoms with E-state index in [4.69, 9.17) is 0 Å². The molecule has 3 aliphatic rings. The number of aromatic nitrogens is 2. The maximum Gasteiger partial charge on any atom is 0.257 e. The average molecular weight is 273 g/mol. The first-order valence-electron chi connectivity index (χ1n) is 8.00. The Hall–Kier alpha value is -1.32. The smallest absolute Gasteiger partial charge is 0.257 e. The fraction of sp³-hybridized carbons (Fsp3) is 0.750. The minimum atomic E-state index is 0.219. The molecule has 0 aromatic carbocycles. The van der Waals surface area contributed by atoms with Gasteiger partial charge in [0, 0.05) is 37.7 Å². The van der Waals surface area contributed by atoms with Gasteiger partial charge in [-0.15, -0.1) is 0 Å². The lowest BCUT2D eigenvalue weighted by molar-refractivity contribution is 0.0441. The number of likely N-dealkylation sites (tertiary alicyclic amines) is 1. The second kappa shape index (κ2) is 4.34. The van der Waals surface area contributed by atoms with Crippen LogP contribution in [-0.2, 0) is 7.05 Å². The number of hydrogen-bond donors (Lipinski definition) is 0. The average Bonchev–Trinajstić information content (AvgIpc) is 3.14. The third-order valence-electron chi connectivity index (χ3n) is 5.38. The molecule has 3 fully saturated rings. The third-order valence-corrected chi connectivity index (χ3v) is 5.38. The van der Waals surface area contributed by atoms with E-state index in [1.54, 1.807) is 0 Å². The number of carbonyl (C=O) groups excluding carboxylic acids is 1. The molecule has 0 bridgehead atoms. The number of amides is 1. The van der Waals surface area contributed by atoms with Crippen LogP contribution in [0.1, 0.15) is 66.9 Å². The Kier molecular flexibility index (Phi) is 2.69. The summed E-state index contributed by atoms with van der Waals surface area (Å²) in [5, 5.41) is 4.62. The Morgan fingerprint density at radius 1 is 1.25 bits per heavy atom. The van der Waals surface area contributed by atoms with Crippen molar-refractivity contribution in [3.8, 4) is 0 Å². The molecule has 0 radical (unpaired) electrons. The van der Waals surface area contributed by atoms with Gasteiger partial charge in [-0.25, -0.2) is 0 Å². The van der Waals surface area contributed by atoms with Crippen molar-refractivity contribution in [2.75, 3.05) is 13.1 Å². The first-order valence-corrected chi connectivity index (χ1v) is 8.00. The van der Waals surface area contributed by atoms with Crippen molar-refractivity contribution < 1.29 is 4.79 Å². The number of carbonyl (C=O) groups is 1. The molecule has 1 spiro atoms. The predicted octanol–water partition coefficient (Wildman–Crippen LogP) is 2.70. The van der Waals surface area contributed by atoms with Crippen LogP contribution in [0, 0.1) is 5.41 Å². The van der Waals surface area contributed by atoms with Gasteiger partial charge in [-0.2, -0.15) is 5.10 Å². The van der Waals surface area contributed by atoms with Gasteiger partial charge >= 0.3 is 0 Å². The van der Waals surface area contributed by atoms with E-state index in [2.05, 4.69) is 5.10 Å². The second-order valence-corrected chi connectivity index (χ2v) is 7.10. The van der Waals surface area contributed by atoms with Gasteiger partial charge in [-0.05, 0) is 25.7 Å².